The van der Waals surface area contributed by atoms with E-state index < -0.39 is 0 Å². The van der Waals surface area contributed by atoms with Crippen LogP contribution in [-0.4, -0.2) is 19.3 Å². The third-order valence-corrected chi connectivity index (χ3v) is 4.12. The van der Waals surface area contributed by atoms with Gasteiger partial charge in [-0.1, -0.05) is 13.0 Å². The first-order chi connectivity index (χ1) is 9.20. The SMILES string of the molecule is CCCNC(CC1CCCO1)c1ccc(F)c(Br)c1. The van der Waals surface area contributed by atoms with Crippen LogP contribution >= 0.6 is 15.9 Å². The molecule has 19 heavy (non-hydrogen) atoms. The summed E-state index contributed by atoms with van der Waals surface area (Å²) in [5, 5.41) is 3.54. The Bertz CT molecular complexity index is 407. The monoisotopic (exact) mass is 329 g/mol. The van der Waals surface area contributed by atoms with Crippen LogP contribution in [-0.2, 0) is 4.74 Å². The highest BCUT2D eigenvalue weighted by Crippen LogP contribution is 2.28. The number of rotatable bonds is 6. The van der Waals surface area contributed by atoms with Gasteiger partial charge in [0, 0.05) is 12.6 Å². The van der Waals surface area contributed by atoms with Gasteiger partial charge in [-0.2, -0.15) is 0 Å². The summed E-state index contributed by atoms with van der Waals surface area (Å²) in [6.07, 6.45) is 4.66. The van der Waals surface area contributed by atoms with Gasteiger partial charge >= 0.3 is 0 Å². The molecule has 0 radical (unpaired) electrons. The van der Waals surface area contributed by atoms with Gasteiger partial charge in [-0.3, -0.25) is 0 Å². The predicted molar refractivity (Wildman–Crippen MR) is 78.7 cm³/mol. The highest BCUT2D eigenvalue weighted by molar-refractivity contribution is 9.10. The fourth-order valence-corrected chi connectivity index (χ4v) is 2.87. The minimum atomic E-state index is -0.213. The molecule has 1 fully saturated rings. The first-order valence-corrected chi connectivity index (χ1v) is 7.80. The smallest absolute Gasteiger partial charge is 0.137 e. The standard InChI is InChI=1S/C15H21BrFNO/c1-2-7-18-15(10-12-4-3-8-19-12)11-5-6-14(17)13(16)9-11/h5-6,9,12,15,18H,2-4,7-8,10H2,1H3. The molecule has 1 N–H and O–H groups in total. The Kier molecular flexibility index (Phi) is 5.79. The van der Waals surface area contributed by atoms with Crippen molar-refractivity contribution in [2.75, 3.05) is 13.2 Å². The van der Waals surface area contributed by atoms with Gasteiger partial charge in [0.2, 0.25) is 0 Å². The number of nitrogens with one attached hydrogen (secondary N) is 1. The normalized spacial score (nSPS) is 20.7. The zero-order chi connectivity index (χ0) is 13.7. The second-order valence-electron chi connectivity index (χ2n) is 5.05. The van der Waals surface area contributed by atoms with Crippen molar-refractivity contribution >= 4 is 15.9 Å². The summed E-state index contributed by atoms with van der Waals surface area (Å²) < 4.78 is 19.6. The molecular formula is C15H21BrFNO. The van der Waals surface area contributed by atoms with E-state index >= 15 is 0 Å². The number of hydrogen-bond donors (Lipinski definition) is 1. The molecule has 2 rings (SSSR count). The maximum atomic E-state index is 13.3. The first-order valence-electron chi connectivity index (χ1n) is 7.00. The second-order valence-corrected chi connectivity index (χ2v) is 5.91. The average molecular weight is 330 g/mol. The van der Waals surface area contributed by atoms with E-state index in [1.54, 1.807) is 0 Å². The van der Waals surface area contributed by atoms with Crippen molar-refractivity contribution in [3.05, 3.63) is 34.1 Å². The maximum Gasteiger partial charge on any atom is 0.137 e. The molecule has 4 heteroatoms. The van der Waals surface area contributed by atoms with E-state index in [-0.39, 0.29) is 11.9 Å². The lowest BCUT2D eigenvalue weighted by Crippen LogP contribution is -2.26. The summed E-state index contributed by atoms with van der Waals surface area (Å²) in [5.41, 5.74) is 1.12. The van der Waals surface area contributed by atoms with Gasteiger partial charge in [-0.15, -0.1) is 0 Å². The van der Waals surface area contributed by atoms with Crippen LogP contribution in [0.3, 0.4) is 0 Å². The molecule has 2 nitrogen and oxygen atoms in total. The summed E-state index contributed by atoms with van der Waals surface area (Å²) in [4.78, 5) is 0. The number of ether oxygens (including phenoxy) is 1. The third kappa shape index (κ3) is 4.26. The van der Waals surface area contributed by atoms with E-state index in [0.29, 0.717) is 10.6 Å². The van der Waals surface area contributed by atoms with E-state index in [0.717, 1.165) is 44.4 Å². The van der Waals surface area contributed by atoms with Crippen molar-refractivity contribution in [2.24, 2.45) is 0 Å². The van der Waals surface area contributed by atoms with Crippen LogP contribution in [0.4, 0.5) is 4.39 Å². The third-order valence-electron chi connectivity index (χ3n) is 3.51. The molecular weight excluding hydrogens is 309 g/mol. The molecule has 0 bridgehead atoms. The molecule has 1 aromatic carbocycles. The Balaban J connectivity index is 2.08. The van der Waals surface area contributed by atoms with Gasteiger partial charge in [0.25, 0.3) is 0 Å². The zero-order valence-electron chi connectivity index (χ0n) is 11.3. The Morgan fingerprint density at radius 2 is 2.37 bits per heavy atom. The molecule has 2 unspecified atom stereocenters. The molecule has 0 saturated carbocycles. The molecule has 0 amide bonds. The minimum Gasteiger partial charge on any atom is -0.378 e. The summed E-state index contributed by atoms with van der Waals surface area (Å²) in [5.74, 6) is -0.213. The largest absolute Gasteiger partial charge is 0.378 e. The van der Waals surface area contributed by atoms with Crippen LogP contribution < -0.4 is 5.32 Å². The lowest BCUT2D eigenvalue weighted by molar-refractivity contribution is 0.0945. The van der Waals surface area contributed by atoms with Gasteiger partial charge in [0.1, 0.15) is 5.82 Å². The van der Waals surface area contributed by atoms with Crippen LogP contribution in [0.15, 0.2) is 22.7 Å². The van der Waals surface area contributed by atoms with Gasteiger partial charge < -0.3 is 10.1 Å². The molecule has 1 aliphatic rings. The molecule has 2 atom stereocenters. The van der Waals surface area contributed by atoms with Crippen LogP contribution in [0.5, 0.6) is 0 Å². The van der Waals surface area contributed by atoms with E-state index in [2.05, 4.69) is 28.2 Å². The Labute approximate surface area is 122 Å². The van der Waals surface area contributed by atoms with Gasteiger partial charge in [0.15, 0.2) is 0 Å². The fourth-order valence-electron chi connectivity index (χ4n) is 2.48. The Morgan fingerprint density at radius 3 is 3.00 bits per heavy atom. The summed E-state index contributed by atoms with van der Waals surface area (Å²) in [6, 6.07) is 5.50. The summed E-state index contributed by atoms with van der Waals surface area (Å²) >= 11 is 3.26. The molecule has 1 saturated heterocycles. The number of halogens is 2. The Hall–Kier alpha value is -0.450. The minimum absolute atomic E-state index is 0.213. The van der Waals surface area contributed by atoms with Gasteiger partial charge in [-0.05, 0) is 65.9 Å². The van der Waals surface area contributed by atoms with Crippen molar-refractivity contribution < 1.29 is 9.13 Å². The van der Waals surface area contributed by atoms with Crippen LogP contribution in [0.2, 0.25) is 0 Å². The van der Waals surface area contributed by atoms with Crippen LogP contribution in [0, 0.1) is 5.82 Å². The molecule has 0 aliphatic carbocycles. The van der Waals surface area contributed by atoms with Crippen molar-refractivity contribution in [2.45, 2.75) is 44.8 Å². The fraction of sp³-hybridized carbons (Fsp3) is 0.600. The molecule has 1 aromatic rings. The van der Waals surface area contributed by atoms with E-state index in [1.165, 1.54) is 6.07 Å². The summed E-state index contributed by atoms with van der Waals surface area (Å²) in [7, 11) is 0. The number of benzene rings is 1. The molecule has 1 aliphatic heterocycles. The topological polar surface area (TPSA) is 21.3 Å². The zero-order valence-corrected chi connectivity index (χ0v) is 12.9. The van der Waals surface area contributed by atoms with E-state index in [1.807, 2.05) is 12.1 Å². The van der Waals surface area contributed by atoms with Crippen molar-refractivity contribution in [3.63, 3.8) is 0 Å². The van der Waals surface area contributed by atoms with Crippen molar-refractivity contribution in [1.29, 1.82) is 0 Å². The first kappa shape index (κ1) is 14.9. The van der Waals surface area contributed by atoms with E-state index in [4.69, 9.17) is 4.74 Å². The molecule has 0 spiro atoms. The molecule has 1 heterocycles. The Morgan fingerprint density at radius 1 is 1.53 bits per heavy atom. The lowest BCUT2D eigenvalue weighted by Gasteiger charge is -2.22. The molecule has 106 valence electrons. The van der Waals surface area contributed by atoms with Gasteiger partial charge in [0.05, 0.1) is 10.6 Å². The van der Waals surface area contributed by atoms with Crippen molar-refractivity contribution in [3.8, 4) is 0 Å². The second kappa shape index (κ2) is 7.36. The summed E-state index contributed by atoms with van der Waals surface area (Å²) in [6.45, 7) is 3.99. The van der Waals surface area contributed by atoms with Gasteiger partial charge in [-0.25, -0.2) is 4.39 Å². The van der Waals surface area contributed by atoms with Crippen molar-refractivity contribution in [1.82, 2.24) is 5.32 Å². The maximum absolute atomic E-state index is 13.3. The highest BCUT2D eigenvalue weighted by Gasteiger charge is 2.22. The van der Waals surface area contributed by atoms with Crippen LogP contribution in [0.25, 0.3) is 0 Å². The lowest BCUT2D eigenvalue weighted by atomic mass is 9.99. The van der Waals surface area contributed by atoms with Crippen LogP contribution in [0.1, 0.15) is 44.2 Å². The average Bonchev–Trinajstić information content (AvgIpc) is 2.91. The molecule has 0 aromatic heterocycles. The van der Waals surface area contributed by atoms with E-state index in [9.17, 15) is 4.39 Å². The quantitative estimate of drug-likeness (QED) is 0.844. The number of hydrogen-bond acceptors (Lipinski definition) is 2. The predicted octanol–water partition coefficient (Wildman–Crippen LogP) is 4.20. The highest BCUT2D eigenvalue weighted by atomic mass is 79.9.